The van der Waals surface area contributed by atoms with Crippen molar-refractivity contribution < 1.29 is 0 Å². The van der Waals surface area contributed by atoms with E-state index in [-0.39, 0.29) is 0 Å². The molecule has 0 radical (unpaired) electrons. The fourth-order valence-electron chi connectivity index (χ4n) is 1.53. The zero-order valence-electron chi connectivity index (χ0n) is 8.51. The molecule has 5 heteroatoms. The van der Waals surface area contributed by atoms with E-state index in [2.05, 4.69) is 10.1 Å². The third-order valence-corrected chi connectivity index (χ3v) is 3.40. The number of benzene rings is 1. The van der Waals surface area contributed by atoms with Crippen LogP contribution in [0, 0.1) is 6.92 Å². The molecule has 0 amide bonds. The van der Waals surface area contributed by atoms with Gasteiger partial charge in [0.15, 0.2) is 5.82 Å². The summed E-state index contributed by atoms with van der Waals surface area (Å²) < 4.78 is 1.81. The first-order valence-electron chi connectivity index (χ1n) is 4.81. The summed E-state index contributed by atoms with van der Waals surface area (Å²) in [5.74, 6) is 0.739. The van der Waals surface area contributed by atoms with E-state index in [4.69, 9.17) is 11.6 Å². The molecule has 1 aromatic carbocycles. The normalized spacial score (nSPS) is 11.1. The highest BCUT2D eigenvalue weighted by atomic mass is 35.5. The molecule has 0 aliphatic heterocycles. The van der Waals surface area contributed by atoms with Gasteiger partial charge in [-0.25, -0.2) is 4.52 Å². The van der Waals surface area contributed by atoms with E-state index in [1.54, 1.807) is 11.3 Å². The van der Waals surface area contributed by atoms with Gasteiger partial charge < -0.3 is 0 Å². The largest absolute Gasteiger partial charge is 0.212 e. The SMILES string of the molecule is Cc1cn2nc(-c3ccc(Cl)cc3)nc2s1. The number of hydrogen-bond donors (Lipinski definition) is 0. The van der Waals surface area contributed by atoms with E-state index in [1.165, 1.54) is 4.88 Å². The minimum Gasteiger partial charge on any atom is -0.210 e. The van der Waals surface area contributed by atoms with Crippen molar-refractivity contribution in [1.29, 1.82) is 0 Å². The van der Waals surface area contributed by atoms with Crippen LogP contribution < -0.4 is 0 Å². The summed E-state index contributed by atoms with van der Waals surface area (Å²) in [5.41, 5.74) is 0.984. The standard InChI is InChI=1S/C11H8ClN3S/c1-7-6-15-11(16-7)13-10(14-15)8-2-4-9(12)5-3-8/h2-6H,1H3. The molecule has 0 saturated heterocycles. The molecule has 3 nitrogen and oxygen atoms in total. The van der Waals surface area contributed by atoms with E-state index in [9.17, 15) is 0 Å². The van der Waals surface area contributed by atoms with Crippen LogP contribution in [0.2, 0.25) is 5.02 Å². The molecule has 16 heavy (non-hydrogen) atoms. The first-order valence-corrected chi connectivity index (χ1v) is 6.00. The van der Waals surface area contributed by atoms with Crippen molar-refractivity contribution >= 4 is 27.9 Å². The van der Waals surface area contributed by atoms with Gasteiger partial charge in [0.05, 0.1) is 0 Å². The van der Waals surface area contributed by atoms with Gasteiger partial charge in [0.2, 0.25) is 4.96 Å². The molecule has 0 spiro atoms. The van der Waals surface area contributed by atoms with E-state index in [0.29, 0.717) is 0 Å². The summed E-state index contributed by atoms with van der Waals surface area (Å²) in [4.78, 5) is 6.59. The predicted octanol–water partition coefficient (Wildman–Crippen LogP) is 3.42. The number of aromatic nitrogens is 3. The summed E-state index contributed by atoms with van der Waals surface area (Å²) in [6, 6.07) is 7.54. The Kier molecular flexibility index (Phi) is 2.19. The van der Waals surface area contributed by atoms with Crippen molar-refractivity contribution in [1.82, 2.24) is 14.6 Å². The maximum atomic E-state index is 5.83. The van der Waals surface area contributed by atoms with E-state index in [0.717, 1.165) is 21.4 Å². The maximum Gasteiger partial charge on any atom is 0.212 e. The minimum atomic E-state index is 0.723. The second-order valence-electron chi connectivity index (χ2n) is 3.51. The van der Waals surface area contributed by atoms with E-state index in [1.807, 2.05) is 41.9 Å². The molecule has 0 fully saturated rings. The Morgan fingerprint density at radius 3 is 2.69 bits per heavy atom. The van der Waals surface area contributed by atoms with Crippen LogP contribution in [0.1, 0.15) is 4.88 Å². The number of nitrogens with zero attached hydrogens (tertiary/aromatic N) is 3. The number of rotatable bonds is 1. The zero-order chi connectivity index (χ0) is 11.1. The quantitative estimate of drug-likeness (QED) is 0.662. The van der Waals surface area contributed by atoms with Crippen molar-refractivity contribution in [3.05, 3.63) is 40.4 Å². The van der Waals surface area contributed by atoms with Gasteiger partial charge in [-0.2, -0.15) is 4.98 Å². The second kappa shape index (κ2) is 3.57. The molecule has 0 aliphatic rings. The molecule has 0 unspecified atom stereocenters. The number of thiazole rings is 1. The number of fused-ring (bicyclic) bond motifs is 1. The Morgan fingerprint density at radius 1 is 1.25 bits per heavy atom. The van der Waals surface area contributed by atoms with E-state index >= 15 is 0 Å². The lowest BCUT2D eigenvalue weighted by molar-refractivity contribution is 0.977. The lowest BCUT2D eigenvalue weighted by Gasteiger charge is -1.93. The highest BCUT2D eigenvalue weighted by molar-refractivity contribution is 7.16. The third kappa shape index (κ3) is 1.60. The number of aryl methyl sites for hydroxylation is 1. The number of halogens is 1. The molecule has 80 valence electrons. The lowest BCUT2D eigenvalue weighted by Crippen LogP contribution is -1.83. The molecule has 0 atom stereocenters. The van der Waals surface area contributed by atoms with Crippen LogP contribution in [-0.2, 0) is 0 Å². The average molecular weight is 250 g/mol. The van der Waals surface area contributed by atoms with Gasteiger partial charge in [-0.15, -0.1) is 16.4 Å². The van der Waals surface area contributed by atoms with Crippen LogP contribution in [0.25, 0.3) is 16.3 Å². The van der Waals surface area contributed by atoms with Crippen molar-refractivity contribution in [3.8, 4) is 11.4 Å². The minimum absolute atomic E-state index is 0.723. The molecular formula is C11H8ClN3S. The van der Waals surface area contributed by atoms with Gasteiger partial charge in [0.1, 0.15) is 0 Å². The van der Waals surface area contributed by atoms with Crippen molar-refractivity contribution in [3.63, 3.8) is 0 Å². The Hall–Kier alpha value is -1.39. The highest BCUT2D eigenvalue weighted by Crippen LogP contribution is 2.22. The Labute approximate surface area is 101 Å². The van der Waals surface area contributed by atoms with Crippen LogP contribution in [0.5, 0.6) is 0 Å². The van der Waals surface area contributed by atoms with E-state index < -0.39 is 0 Å². The topological polar surface area (TPSA) is 30.2 Å². The van der Waals surface area contributed by atoms with Gasteiger partial charge in [0, 0.05) is 21.7 Å². The summed E-state index contributed by atoms with van der Waals surface area (Å²) in [7, 11) is 0. The Morgan fingerprint density at radius 2 is 2.00 bits per heavy atom. The lowest BCUT2D eigenvalue weighted by atomic mass is 10.2. The zero-order valence-corrected chi connectivity index (χ0v) is 10.1. The monoisotopic (exact) mass is 249 g/mol. The molecule has 3 rings (SSSR count). The first-order chi connectivity index (χ1) is 7.72. The molecule has 2 heterocycles. The number of hydrogen-bond acceptors (Lipinski definition) is 3. The van der Waals surface area contributed by atoms with Crippen LogP contribution in [-0.4, -0.2) is 14.6 Å². The smallest absolute Gasteiger partial charge is 0.210 e. The average Bonchev–Trinajstić information content (AvgIpc) is 2.75. The van der Waals surface area contributed by atoms with Crippen LogP contribution >= 0.6 is 22.9 Å². The molecule has 3 aromatic rings. The fraction of sp³-hybridized carbons (Fsp3) is 0.0909. The second-order valence-corrected chi connectivity index (χ2v) is 5.16. The summed E-state index contributed by atoms with van der Waals surface area (Å²) in [5, 5.41) is 5.13. The van der Waals surface area contributed by atoms with Gasteiger partial charge in [-0.3, -0.25) is 0 Å². The Bertz CT molecular complexity index is 607. The summed E-state index contributed by atoms with van der Waals surface area (Å²) >= 11 is 7.47. The highest BCUT2D eigenvalue weighted by Gasteiger charge is 2.07. The molecule has 2 aromatic heterocycles. The van der Waals surface area contributed by atoms with Gasteiger partial charge in [-0.05, 0) is 31.2 Å². The molecule has 0 saturated carbocycles. The summed E-state index contributed by atoms with van der Waals surface area (Å²) in [6.45, 7) is 2.04. The van der Waals surface area contributed by atoms with Crippen molar-refractivity contribution in [2.45, 2.75) is 6.92 Å². The molecule has 0 bridgehead atoms. The van der Waals surface area contributed by atoms with Crippen molar-refractivity contribution in [2.24, 2.45) is 0 Å². The van der Waals surface area contributed by atoms with Crippen molar-refractivity contribution in [2.75, 3.05) is 0 Å². The van der Waals surface area contributed by atoms with Crippen LogP contribution in [0.4, 0.5) is 0 Å². The predicted molar refractivity (Wildman–Crippen MR) is 66.0 cm³/mol. The molecule has 0 N–H and O–H groups in total. The Balaban J connectivity index is 2.11. The first kappa shape index (κ1) is 9.81. The maximum absolute atomic E-state index is 5.83. The third-order valence-electron chi connectivity index (χ3n) is 2.26. The van der Waals surface area contributed by atoms with Crippen LogP contribution in [0.3, 0.4) is 0 Å². The molecule has 0 aliphatic carbocycles. The van der Waals surface area contributed by atoms with Gasteiger partial charge in [0.25, 0.3) is 0 Å². The molecular weight excluding hydrogens is 242 g/mol. The van der Waals surface area contributed by atoms with Gasteiger partial charge in [-0.1, -0.05) is 11.6 Å². The van der Waals surface area contributed by atoms with Crippen LogP contribution in [0.15, 0.2) is 30.5 Å². The fourth-order valence-corrected chi connectivity index (χ4v) is 2.41. The van der Waals surface area contributed by atoms with Gasteiger partial charge >= 0.3 is 0 Å². The summed E-state index contributed by atoms with van der Waals surface area (Å²) in [6.07, 6.45) is 1.98.